The first-order chi connectivity index (χ1) is 12.3. The summed E-state index contributed by atoms with van der Waals surface area (Å²) in [5.74, 6) is 0.713. The van der Waals surface area contributed by atoms with Gasteiger partial charge in [0.05, 0.1) is 6.26 Å². The second-order valence-electron chi connectivity index (χ2n) is 6.07. The average molecular weight is 353 g/mol. The Bertz CT molecular complexity index is 821. The average Bonchev–Trinajstić information content (AvgIpc) is 3.34. The van der Waals surface area contributed by atoms with Crippen molar-refractivity contribution in [3.05, 3.63) is 65.4 Å². The van der Waals surface area contributed by atoms with E-state index in [9.17, 15) is 4.79 Å². The number of aromatic nitrogens is 1. The first-order valence-corrected chi connectivity index (χ1v) is 9.22. The van der Waals surface area contributed by atoms with Gasteiger partial charge < -0.3 is 9.32 Å². The summed E-state index contributed by atoms with van der Waals surface area (Å²) in [6.45, 7) is 4.17. The monoisotopic (exact) mass is 353 g/mol. The lowest BCUT2D eigenvalue weighted by atomic mass is 10.2. The van der Waals surface area contributed by atoms with Crippen molar-refractivity contribution in [2.45, 2.75) is 6.54 Å². The van der Waals surface area contributed by atoms with Crippen LogP contribution < -0.4 is 0 Å². The highest BCUT2D eigenvalue weighted by atomic mass is 32.1. The third-order valence-corrected chi connectivity index (χ3v) is 5.22. The number of hydrogen-bond acceptors (Lipinski definition) is 5. The van der Waals surface area contributed by atoms with Crippen LogP contribution in [0.3, 0.4) is 0 Å². The Kier molecular flexibility index (Phi) is 4.63. The first kappa shape index (κ1) is 16.1. The van der Waals surface area contributed by atoms with Crippen molar-refractivity contribution in [1.29, 1.82) is 0 Å². The molecule has 3 heterocycles. The molecule has 0 saturated carbocycles. The van der Waals surface area contributed by atoms with E-state index in [0.717, 1.165) is 37.7 Å². The predicted octanol–water partition coefficient (Wildman–Crippen LogP) is 3.36. The van der Waals surface area contributed by atoms with Crippen LogP contribution in [0.15, 0.2) is 58.5 Å². The van der Waals surface area contributed by atoms with Crippen LogP contribution in [0.1, 0.15) is 16.1 Å². The maximum Gasteiger partial charge on any atom is 0.273 e. The minimum absolute atomic E-state index is 0.00779. The van der Waals surface area contributed by atoms with Gasteiger partial charge in [-0.15, -0.1) is 11.3 Å². The molecule has 0 spiro atoms. The summed E-state index contributed by atoms with van der Waals surface area (Å²) in [5, 5.41) is 2.56. The number of piperazine rings is 1. The van der Waals surface area contributed by atoms with E-state index in [4.69, 9.17) is 4.42 Å². The topological polar surface area (TPSA) is 49.6 Å². The van der Waals surface area contributed by atoms with E-state index in [2.05, 4.69) is 34.1 Å². The quantitative estimate of drug-likeness (QED) is 0.722. The largest absolute Gasteiger partial charge is 0.462 e. The highest BCUT2D eigenvalue weighted by Gasteiger charge is 2.24. The zero-order valence-corrected chi connectivity index (χ0v) is 14.6. The third kappa shape index (κ3) is 3.65. The minimum Gasteiger partial charge on any atom is -0.462 e. The second-order valence-corrected chi connectivity index (χ2v) is 6.93. The third-order valence-electron chi connectivity index (χ3n) is 4.36. The summed E-state index contributed by atoms with van der Waals surface area (Å²) >= 11 is 1.44. The van der Waals surface area contributed by atoms with Crippen LogP contribution >= 0.6 is 11.3 Å². The fourth-order valence-electron chi connectivity index (χ4n) is 3.00. The lowest BCUT2D eigenvalue weighted by Crippen LogP contribution is -2.48. The lowest BCUT2D eigenvalue weighted by molar-refractivity contribution is 0.0623. The Morgan fingerprint density at radius 2 is 1.88 bits per heavy atom. The Morgan fingerprint density at radius 1 is 1.08 bits per heavy atom. The smallest absolute Gasteiger partial charge is 0.273 e. The molecule has 2 aromatic heterocycles. The summed E-state index contributed by atoms with van der Waals surface area (Å²) < 4.78 is 5.35. The van der Waals surface area contributed by atoms with Gasteiger partial charge in [0.25, 0.3) is 5.91 Å². The van der Waals surface area contributed by atoms with Crippen molar-refractivity contribution >= 4 is 17.2 Å². The van der Waals surface area contributed by atoms with Crippen molar-refractivity contribution < 1.29 is 9.21 Å². The number of benzene rings is 1. The van der Waals surface area contributed by atoms with Crippen molar-refractivity contribution in [1.82, 2.24) is 14.8 Å². The Hall–Kier alpha value is -2.44. The number of hydrogen-bond donors (Lipinski definition) is 0. The van der Waals surface area contributed by atoms with E-state index in [1.165, 1.54) is 16.9 Å². The highest BCUT2D eigenvalue weighted by molar-refractivity contribution is 7.13. The standard InChI is InChI=1S/C19H19N3O2S/c23-19(16-14-25-18(20-16)17-7-4-12-24-17)22-10-8-21(9-11-22)13-15-5-2-1-3-6-15/h1-7,12,14H,8-11,13H2. The molecular formula is C19H19N3O2S. The van der Waals surface area contributed by atoms with E-state index >= 15 is 0 Å². The molecule has 0 bridgehead atoms. The molecule has 1 saturated heterocycles. The van der Waals surface area contributed by atoms with E-state index in [-0.39, 0.29) is 5.91 Å². The Labute approximate surface area is 150 Å². The molecule has 1 aromatic carbocycles. The number of carbonyl (C=O) groups is 1. The molecule has 5 nitrogen and oxygen atoms in total. The van der Waals surface area contributed by atoms with Gasteiger partial charge in [-0.05, 0) is 17.7 Å². The molecule has 4 rings (SSSR count). The Balaban J connectivity index is 1.35. The molecular weight excluding hydrogens is 334 g/mol. The van der Waals surface area contributed by atoms with Crippen LogP contribution in [0, 0.1) is 0 Å². The molecule has 3 aromatic rings. The van der Waals surface area contributed by atoms with E-state index < -0.39 is 0 Å². The maximum absolute atomic E-state index is 12.7. The predicted molar refractivity (Wildman–Crippen MR) is 97.4 cm³/mol. The molecule has 1 fully saturated rings. The molecule has 0 atom stereocenters. The molecule has 0 radical (unpaired) electrons. The van der Waals surface area contributed by atoms with E-state index in [1.54, 1.807) is 6.26 Å². The molecule has 128 valence electrons. The van der Waals surface area contributed by atoms with Gasteiger partial charge in [-0.25, -0.2) is 4.98 Å². The molecule has 1 aliphatic heterocycles. The fraction of sp³-hybridized carbons (Fsp3) is 0.263. The van der Waals surface area contributed by atoms with Crippen LogP contribution in [-0.2, 0) is 6.54 Å². The summed E-state index contributed by atoms with van der Waals surface area (Å²) in [7, 11) is 0. The van der Waals surface area contributed by atoms with Crippen molar-refractivity contribution in [3.8, 4) is 10.8 Å². The number of amides is 1. The SMILES string of the molecule is O=C(c1csc(-c2ccco2)n1)N1CCN(Cc2ccccc2)CC1. The van der Waals surface area contributed by atoms with Crippen LogP contribution in [-0.4, -0.2) is 46.9 Å². The minimum atomic E-state index is 0.00779. The molecule has 25 heavy (non-hydrogen) atoms. The molecule has 0 aliphatic carbocycles. The fourth-order valence-corrected chi connectivity index (χ4v) is 3.76. The summed E-state index contributed by atoms with van der Waals surface area (Å²) in [6, 6.07) is 14.1. The van der Waals surface area contributed by atoms with Gasteiger partial charge in [0.2, 0.25) is 0 Å². The Morgan fingerprint density at radius 3 is 2.60 bits per heavy atom. The summed E-state index contributed by atoms with van der Waals surface area (Å²) in [4.78, 5) is 21.4. The summed E-state index contributed by atoms with van der Waals surface area (Å²) in [6.07, 6.45) is 1.62. The molecule has 0 N–H and O–H groups in total. The van der Waals surface area contributed by atoms with Gasteiger partial charge in [-0.3, -0.25) is 9.69 Å². The van der Waals surface area contributed by atoms with Crippen molar-refractivity contribution in [3.63, 3.8) is 0 Å². The van der Waals surface area contributed by atoms with Gasteiger partial charge in [-0.1, -0.05) is 30.3 Å². The zero-order chi connectivity index (χ0) is 17.1. The number of rotatable bonds is 4. The zero-order valence-electron chi connectivity index (χ0n) is 13.8. The number of nitrogens with zero attached hydrogens (tertiary/aromatic N) is 3. The lowest BCUT2D eigenvalue weighted by Gasteiger charge is -2.34. The summed E-state index contributed by atoms with van der Waals surface area (Å²) in [5.41, 5.74) is 1.82. The second kappa shape index (κ2) is 7.21. The molecule has 1 amide bonds. The van der Waals surface area contributed by atoms with Crippen molar-refractivity contribution in [2.75, 3.05) is 26.2 Å². The first-order valence-electron chi connectivity index (χ1n) is 8.34. The van der Waals surface area contributed by atoms with Gasteiger partial charge in [0.15, 0.2) is 10.8 Å². The molecule has 1 aliphatic rings. The number of carbonyl (C=O) groups excluding carboxylic acids is 1. The van der Waals surface area contributed by atoms with Crippen LogP contribution in [0.25, 0.3) is 10.8 Å². The maximum atomic E-state index is 12.7. The van der Waals surface area contributed by atoms with E-state index in [0.29, 0.717) is 11.5 Å². The van der Waals surface area contributed by atoms with Crippen molar-refractivity contribution in [2.24, 2.45) is 0 Å². The molecule has 6 heteroatoms. The van der Waals surface area contributed by atoms with Gasteiger partial charge in [0.1, 0.15) is 5.69 Å². The van der Waals surface area contributed by atoms with Crippen LogP contribution in [0.5, 0.6) is 0 Å². The van der Waals surface area contributed by atoms with Crippen LogP contribution in [0.4, 0.5) is 0 Å². The van der Waals surface area contributed by atoms with Gasteiger partial charge in [-0.2, -0.15) is 0 Å². The molecule has 0 unspecified atom stereocenters. The van der Waals surface area contributed by atoms with E-state index in [1.807, 2.05) is 28.5 Å². The van der Waals surface area contributed by atoms with Gasteiger partial charge in [0, 0.05) is 38.1 Å². The number of furan rings is 1. The van der Waals surface area contributed by atoms with Crippen LogP contribution in [0.2, 0.25) is 0 Å². The normalized spacial score (nSPS) is 15.4. The number of thiazole rings is 1. The van der Waals surface area contributed by atoms with Gasteiger partial charge >= 0.3 is 0 Å². The highest BCUT2D eigenvalue weighted by Crippen LogP contribution is 2.24.